The molecule has 2 heteroatoms. The first-order valence-corrected chi connectivity index (χ1v) is 4.86. The Hall–Kier alpha value is -0.920. The smallest absolute Gasteiger partial charge is 0.207 e. The molecule has 0 aliphatic rings. The lowest BCUT2D eigenvalue weighted by Crippen LogP contribution is -2.15. The summed E-state index contributed by atoms with van der Waals surface area (Å²) in [6.07, 6.45) is -0.165. The summed E-state index contributed by atoms with van der Waals surface area (Å²) in [6, 6.07) is 7.41. The molecule has 0 nitrogen and oxygen atoms in total. The molecular weight excluding hydrogens is 182 g/mol. The molecule has 0 spiro atoms. The molecule has 0 aliphatic heterocycles. The molecule has 78 valence electrons. The standard InChI is InChI=1S/C12H16F2/c1-9(2)11-7-5-4-6-10(11)8-12(3,13)14/h4-7,9H,8H2,1-3H3. The molecular formula is C12H16F2. The van der Waals surface area contributed by atoms with Crippen molar-refractivity contribution in [3.05, 3.63) is 35.4 Å². The normalized spacial score (nSPS) is 12.1. The third-order valence-corrected chi connectivity index (χ3v) is 2.18. The molecule has 0 atom stereocenters. The number of alkyl halides is 2. The van der Waals surface area contributed by atoms with E-state index in [-0.39, 0.29) is 6.42 Å². The van der Waals surface area contributed by atoms with E-state index in [2.05, 4.69) is 0 Å². The minimum atomic E-state index is -2.62. The molecule has 0 N–H and O–H groups in total. The first-order chi connectivity index (χ1) is 6.40. The third kappa shape index (κ3) is 3.09. The average Bonchev–Trinajstić information content (AvgIpc) is 2.01. The average molecular weight is 198 g/mol. The van der Waals surface area contributed by atoms with E-state index in [0.29, 0.717) is 5.92 Å². The highest BCUT2D eigenvalue weighted by atomic mass is 19.3. The van der Waals surface area contributed by atoms with Crippen molar-refractivity contribution in [3.63, 3.8) is 0 Å². The molecule has 0 radical (unpaired) electrons. The van der Waals surface area contributed by atoms with Crippen LogP contribution in [0.5, 0.6) is 0 Å². The minimum Gasteiger partial charge on any atom is -0.207 e. The molecule has 0 saturated heterocycles. The molecule has 0 fully saturated rings. The van der Waals surface area contributed by atoms with Crippen LogP contribution in [0.1, 0.15) is 37.8 Å². The summed E-state index contributed by atoms with van der Waals surface area (Å²) in [4.78, 5) is 0. The van der Waals surface area contributed by atoms with Crippen molar-refractivity contribution in [1.82, 2.24) is 0 Å². The van der Waals surface area contributed by atoms with Gasteiger partial charge in [-0.15, -0.1) is 0 Å². The number of hydrogen-bond acceptors (Lipinski definition) is 0. The van der Waals surface area contributed by atoms with Crippen LogP contribution in [0.25, 0.3) is 0 Å². The molecule has 1 rings (SSSR count). The van der Waals surface area contributed by atoms with Gasteiger partial charge in [-0.2, -0.15) is 0 Å². The molecule has 0 aromatic heterocycles. The Morgan fingerprint density at radius 3 is 2.29 bits per heavy atom. The summed E-state index contributed by atoms with van der Waals surface area (Å²) in [6.45, 7) is 5.00. The second kappa shape index (κ2) is 4.07. The van der Waals surface area contributed by atoms with Crippen LogP contribution in [0.3, 0.4) is 0 Å². The predicted octanol–water partition coefficient (Wildman–Crippen LogP) is 4.01. The van der Waals surface area contributed by atoms with Crippen LogP contribution in [0.4, 0.5) is 8.78 Å². The third-order valence-electron chi connectivity index (χ3n) is 2.18. The zero-order valence-corrected chi connectivity index (χ0v) is 8.85. The Balaban J connectivity index is 2.96. The maximum absolute atomic E-state index is 12.9. The van der Waals surface area contributed by atoms with E-state index in [4.69, 9.17) is 0 Å². The molecule has 14 heavy (non-hydrogen) atoms. The van der Waals surface area contributed by atoms with Crippen molar-refractivity contribution >= 4 is 0 Å². The van der Waals surface area contributed by atoms with Crippen molar-refractivity contribution in [2.45, 2.75) is 39.0 Å². The van der Waals surface area contributed by atoms with Crippen molar-refractivity contribution in [1.29, 1.82) is 0 Å². The van der Waals surface area contributed by atoms with Gasteiger partial charge in [0.1, 0.15) is 0 Å². The summed E-state index contributed by atoms with van der Waals surface area (Å²) in [5.41, 5.74) is 1.78. The van der Waals surface area contributed by atoms with Gasteiger partial charge in [-0.1, -0.05) is 38.1 Å². The number of hydrogen-bond donors (Lipinski definition) is 0. The van der Waals surface area contributed by atoms with E-state index in [1.165, 1.54) is 0 Å². The molecule has 0 aliphatic carbocycles. The largest absolute Gasteiger partial charge is 0.249 e. The number of benzene rings is 1. The lowest BCUT2D eigenvalue weighted by atomic mass is 9.94. The van der Waals surface area contributed by atoms with Gasteiger partial charge in [-0.25, -0.2) is 8.78 Å². The lowest BCUT2D eigenvalue weighted by molar-refractivity contribution is 0.0224. The zero-order valence-electron chi connectivity index (χ0n) is 8.85. The molecule has 1 aromatic carbocycles. The van der Waals surface area contributed by atoms with Crippen molar-refractivity contribution < 1.29 is 8.78 Å². The summed E-state index contributed by atoms with van der Waals surface area (Å²) in [5.74, 6) is -2.32. The lowest BCUT2D eigenvalue weighted by Gasteiger charge is -2.16. The minimum absolute atomic E-state index is 0.165. The fourth-order valence-electron chi connectivity index (χ4n) is 1.59. The maximum Gasteiger partial charge on any atom is 0.249 e. The van der Waals surface area contributed by atoms with E-state index in [0.717, 1.165) is 18.1 Å². The van der Waals surface area contributed by atoms with Crippen molar-refractivity contribution in [2.75, 3.05) is 0 Å². The van der Waals surface area contributed by atoms with E-state index in [1.807, 2.05) is 32.0 Å². The topological polar surface area (TPSA) is 0 Å². The zero-order chi connectivity index (χ0) is 10.8. The van der Waals surface area contributed by atoms with Gasteiger partial charge in [0.05, 0.1) is 0 Å². The highest BCUT2D eigenvalue weighted by Gasteiger charge is 2.23. The Labute approximate surface area is 84.0 Å². The maximum atomic E-state index is 12.9. The summed E-state index contributed by atoms with van der Waals surface area (Å²) in [7, 11) is 0. The number of halogens is 2. The van der Waals surface area contributed by atoms with Gasteiger partial charge in [0.2, 0.25) is 5.92 Å². The first-order valence-electron chi connectivity index (χ1n) is 4.86. The van der Waals surface area contributed by atoms with Crippen LogP contribution in [0, 0.1) is 0 Å². The quantitative estimate of drug-likeness (QED) is 0.688. The van der Waals surface area contributed by atoms with Gasteiger partial charge in [0, 0.05) is 6.42 Å². The monoisotopic (exact) mass is 198 g/mol. The van der Waals surface area contributed by atoms with Crippen LogP contribution in [-0.2, 0) is 6.42 Å². The SMILES string of the molecule is CC(C)c1ccccc1CC(C)(F)F. The first kappa shape index (κ1) is 11.2. The Morgan fingerprint density at radius 1 is 1.21 bits per heavy atom. The molecule has 0 saturated carbocycles. The van der Waals surface area contributed by atoms with Crippen molar-refractivity contribution in [3.8, 4) is 0 Å². The second-order valence-corrected chi connectivity index (χ2v) is 4.10. The highest BCUT2D eigenvalue weighted by molar-refractivity contribution is 5.30. The Morgan fingerprint density at radius 2 is 1.79 bits per heavy atom. The molecule has 0 bridgehead atoms. The highest BCUT2D eigenvalue weighted by Crippen LogP contribution is 2.25. The molecule has 0 amide bonds. The van der Waals surface area contributed by atoms with E-state index < -0.39 is 5.92 Å². The molecule has 0 heterocycles. The fourth-order valence-corrected chi connectivity index (χ4v) is 1.59. The molecule has 0 unspecified atom stereocenters. The van der Waals surface area contributed by atoms with Gasteiger partial charge in [-0.3, -0.25) is 0 Å². The van der Waals surface area contributed by atoms with E-state index in [1.54, 1.807) is 6.07 Å². The van der Waals surface area contributed by atoms with Gasteiger partial charge in [0.25, 0.3) is 0 Å². The second-order valence-electron chi connectivity index (χ2n) is 4.10. The Bertz CT molecular complexity index is 297. The molecule has 1 aromatic rings. The van der Waals surface area contributed by atoms with E-state index in [9.17, 15) is 8.78 Å². The fraction of sp³-hybridized carbons (Fsp3) is 0.500. The van der Waals surface area contributed by atoms with Crippen LogP contribution in [-0.4, -0.2) is 5.92 Å². The summed E-state index contributed by atoms with van der Waals surface area (Å²) in [5, 5.41) is 0. The van der Waals surface area contributed by atoms with Crippen LogP contribution < -0.4 is 0 Å². The predicted molar refractivity (Wildman–Crippen MR) is 54.9 cm³/mol. The summed E-state index contributed by atoms with van der Waals surface area (Å²) >= 11 is 0. The van der Waals surface area contributed by atoms with Gasteiger partial charge < -0.3 is 0 Å². The van der Waals surface area contributed by atoms with Crippen LogP contribution >= 0.6 is 0 Å². The van der Waals surface area contributed by atoms with Crippen LogP contribution in [0.15, 0.2) is 24.3 Å². The van der Waals surface area contributed by atoms with Crippen LogP contribution in [0.2, 0.25) is 0 Å². The van der Waals surface area contributed by atoms with Crippen molar-refractivity contribution in [2.24, 2.45) is 0 Å². The van der Waals surface area contributed by atoms with Gasteiger partial charge in [-0.05, 0) is 24.0 Å². The van der Waals surface area contributed by atoms with E-state index >= 15 is 0 Å². The summed E-state index contributed by atoms with van der Waals surface area (Å²) < 4.78 is 25.7. The number of rotatable bonds is 3. The Kier molecular flexibility index (Phi) is 3.25. The van der Waals surface area contributed by atoms with Gasteiger partial charge >= 0.3 is 0 Å². The van der Waals surface area contributed by atoms with Gasteiger partial charge in [0.15, 0.2) is 0 Å².